The van der Waals surface area contributed by atoms with Gasteiger partial charge in [0.05, 0.1) is 32.5 Å². The van der Waals surface area contributed by atoms with E-state index in [0.717, 1.165) is 24.0 Å². The lowest BCUT2D eigenvalue weighted by molar-refractivity contribution is -0.0823. The van der Waals surface area contributed by atoms with Crippen LogP contribution in [0.2, 0.25) is 0 Å². The molecule has 2 unspecified atom stereocenters. The molecule has 2 atom stereocenters. The van der Waals surface area contributed by atoms with E-state index in [1.807, 2.05) is 24.3 Å². The first-order chi connectivity index (χ1) is 13.0. The van der Waals surface area contributed by atoms with Crippen LogP contribution in [0.4, 0.5) is 8.78 Å². The molecule has 1 fully saturated rings. The van der Waals surface area contributed by atoms with E-state index in [0.29, 0.717) is 13.0 Å². The van der Waals surface area contributed by atoms with Gasteiger partial charge in [0.15, 0.2) is 11.7 Å². The SMILES string of the molecule is C=Cc1ccc(C2CCC(OC/C(CC)=C(F)/C(F)=C(\C)OC)CO2)cc1. The molecule has 0 spiro atoms. The standard InChI is InChI=1S/C22H28F2O3/c1-5-16-7-9-18(10-8-16)20-12-11-19(14-27-20)26-13-17(6-2)22(24)21(23)15(3)25-4/h5,7-10,19-20H,1,6,11-14H2,2-4H3/b21-15-,22-17-. The third-order valence-corrected chi connectivity index (χ3v) is 4.82. The molecule has 0 bridgehead atoms. The molecule has 148 valence electrons. The number of allylic oxidation sites excluding steroid dienone is 3. The zero-order chi connectivity index (χ0) is 19.8. The third kappa shape index (κ3) is 5.75. The molecule has 1 aliphatic rings. The lowest BCUT2D eigenvalue weighted by Gasteiger charge is -2.29. The van der Waals surface area contributed by atoms with Gasteiger partial charge in [-0.05, 0) is 42.9 Å². The molecule has 0 saturated carbocycles. The maximum Gasteiger partial charge on any atom is 0.196 e. The summed E-state index contributed by atoms with van der Waals surface area (Å²) < 4.78 is 44.6. The summed E-state index contributed by atoms with van der Waals surface area (Å²) in [6.07, 6.45) is 3.71. The van der Waals surface area contributed by atoms with E-state index in [1.54, 1.807) is 13.0 Å². The fraction of sp³-hybridized carbons (Fsp3) is 0.455. The Labute approximate surface area is 160 Å². The second-order valence-electron chi connectivity index (χ2n) is 6.55. The Balaban J connectivity index is 1.90. The second-order valence-corrected chi connectivity index (χ2v) is 6.55. The fourth-order valence-electron chi connectivity index (χ4n) is 2.91. The van der Waals surface area contributed by atoms with Gasteiger partial charge in [-0.2, -0.15) is 0 Å². The van der Waals surface area contributed by atoms with Crippen LogP contribution in [0.25, 0.3) is 6.08 Å². The van der Waals surface area contributed by atoms with E-state index in [1.165, 1.54) is 14.0 Å². The Morgan fingerprint density at radius 2 is 1.93 bits per heavy atom. The highest BCUT2D eigenvalue weighted by Crippen LogP contribution is 2.30. The minimum atomic E-state index is -0.971. The van der Waals surface area contributed by atoms with Crippen molar-refractivity contribution in [3.8, 4) is 0 Å². The molecule has 1 aromatic rings. The first kappa shape index (κ1) is 21.3. The zero-order valence-corrected chi connectivity index (χ0v) is 16.3. The first-order valence-corrected chi connectivity index (χ1v) is 9.24. The van der Waals surface area contributed by atoms with E-state index >= 15 is 0 Å². The van der Waals surface area contributed by atoms with Crippen molar-refractivity contribution >= 4 is 6.08 Å². The average molecular weight is 378 g/mol. The number of benzene rings is 1. The van der Waals surface area contributed by atoms with E-state index in [2.05, 4.69) is 6.58 Å². The van der Waals surface area contributed by atoms with Crippen LogP contribution in [0.1, 0.15) is 50.3 Å². The summed E-state index contributed by atoms with van der Waals surface area (Å²) in [5.74, 6) is -1.94. The summed E-state index contributed by atoms with van der Waals surface area (Å²) in [6, 6.07) is 8.12. The van der Waals surface area contributed by atoms with E-state index < -0.39 is 11.7 Å². The minimum absolute atomic E-state index is 0.0337. The molecular formula is C22H28F2O3. The Hall–Kier alpha value is -1.98. The minimum Gasteiger partial charge on any atom is -0.498 e. The van der Waals surface area contributed by atoms with Crippen molar-refractivity contribution < 1.29 is 23.0 Å². The molecule has 2 rings (SSSR count). The average Bonchev–Trinajstić information content (AvgIpc) is 2.73. The Kier molecular flexibility index (Phi) is 8.20. The van der Waals surface area contributed by atoms with Gasteiger partial charge in [-0.3, -0.25) is 0 Å². The summed E-state index contributed by atoms with van der Waals surface area (Å²) in [6.45, 7) is 7.38. The van der Waals surface area contributed by atoms with Gasteiger partial charge in [0.25, 0.3) is 0 Å². The fourth-order valence-corrected chi connectivity index (χ4v) is 2.91. The van der Waals surface area contributed by atoms with Gasteiger partial charge in [-0.15, -0.1) is 0 Å². The highest BCUT2D eigenvalue weighted by molar-refractivity contribution is 5.47. The van der Waals surface area contributed by atoms with Gasteiger partial charge in [0.2, 0.25) is 0 Å². The Morgan fingerprint density at radius 3 is 2.44 bits per heavy atom. The predicted octanol–water partition coefficient (Wildman–Crippen LogP) is 6.05. The topological polar surface area (TPSA) is 27.7 Å². The van der Waals surface area contributed by atoms with Crippen LogP contribution in [-0.2, 0) is 14.2 Å². The smallest absolute Gasteiger partial charge is 0.196 e. The molecular weight excluding hydrogens is 350 g/mol. The molecule has 0 N–H and O–H groups in total. The van der Waals surface area contributed by atoms with Gasteiger partial charge in [0, 0.05) is 0 Å². The zero-order valence-electron chi connectivity index (χ0n) is 16.3. The van der Waals surface area contributed by atoms with E-state index in [-0.39, 0.29) is 30.1 Å². The Morgan fingerprint density at radius 1 is 1.22 bits per heavy atom. The van der Waals surface area contributed by atoms with Crippen LogP contribution in [0.5, 0.6) is 0 Å². The summed E-state index contributed by atoms with van der Waals surface area (Å²) in [5.41, 5.74) is 2.48. The molecule has 5 heteroatoms. The second kappa shape index (κ2) is 10.4. The maximum absolute atomic E-state index is 14.2. The number of hydrogen-bond acceptors (Lipinski definition) is 3. The van der Waals surface area contributed by atoms with E-state index in [4.69, 9.17) is 14.2 Å². The van der Waals surface area contributed by atoms with Crippen molar-refractivity contribution in [2.24, 2.45) is 0 Å². The number of methoxy groups -OCH3 is 1. The van der Waals surface area contributed by atoms with Gasteiger partial charge >= 0.3 is 0 Å². The number of rotatable bonds is 8. The predicted molar refractivity (Wildman–Crippen MR) is 103 cm³/mol. The highest BCUT2D eigenvalue weighted by atomic mass is 19.2. The van der Waals surface area contributed by atoms with Crippen LogP contribution in [0, 0.1) is 0 Å². The van der Waals surface area contributed by atoms with Gasteiger partial charge < -0.3 is 14.2 Å². The first-order valence-electron chi connectivity index (χ1n) is 9.24. The van der Waals surface area contributed by atoms with Crippen molar-refractivity contribution in [1.82, 2.24) is 0 Å². The number of halogens is 2. The molecule has 27 heavy (non-hydrogen) atoms. The molecule has 0 aromatic heterocycles. The van der Waals surface area contributed by atoms with Crippen LogP contribution in [-0.4, -0.2) is 26.4 Å². The lowest BCUT2D eigenvalue weighted by Crippen LogP contribution is -2.28. The lowest BCUT2D eigenvalue weighted by atomic mass is 9.99. The summed E-state index contributed by atoms with van der Waals surface area (Å²) >= 11 is 0. The summed E-state index contributed by atoms with van der Waals surface area (Å²) in [5, 5.41) is 0. The monoisotopic (exact) mass is 378 g/mol. The highest BCUT2D eigenvalue weighted by Gasteiger charge is 2.24. The van der Waals surface area contributed by atoms with Crippen molar-refractivity contribution in [2.75, 3.05) is 20.3 Å². The molecule has 3 nitrogen and oxygen atoms in total. The molecule has 1 aromatic carbocycles. The van der Waals surface area contributed by atoms with Gasteiger partial charge in [-0.25, -0.2) is 8.78 Å². The van der Waals surface area contributed by atoms with Gasteiger partial charge in [0.1, 0.15) is 5.76 Å². The number of ether oxygens (including phenoxy) is 3. The quantitative estimate of drug-likeness (QED) is 0.407. The van der Waals surface area contributed by atoms with Crippen LogP contribution >= 0.6 is 0 Å². The normalized spacial score (nSPS) is 22.0. The third-order valence-electron chi connectivity index (χ3n) is 4.82. The van der Waals surface area contributed by atoms with Crippen molar-refractivity contribution in [3.05, 3.63) is 65.0 Å². The maximum atomic E-state index is 14.2. The van der Waals surface area contributed by atoms with Crippen molar-refractivity contribution in [1.29, 1.82) is 0 Å². The molecule has 1 saturated heterocycles. The Bertz CT molecular complexity index is 684. The van der Waals surface area contributed by atoms with E-state index in [9.17, 15) is 8.78 Å². The summed E-state index contributed by atoms with van der Waals surface area (Å²) in [4.78, 5) is 0. The van der Waals surface area contributed by atoms with Gasteiger partial charge in [-0.1, -0.05) is 43.8 Å². The molecule has 0 radical (unpaired) electrons. The molecule has 0 amide bonds. The van der Waals surface area contributed by atoms with Crippen LogP contribution in [0.3, 0.4) is 0 Å². The molecule has 1 heterocycles. The molecule has 0 aliphatic carbocycles. The molecule has 1 aliphatic heterocycles. The largest absolute Gasteiger partial charge is 0.498 e. The number of hydrogen-bond donors (Lipinski definition) is 0. The van der Waals surface area contributed by atoms with Crippen molar-refractivity contribution in [3.63, 3.8) is 0 Å². The van der Waals surface area contributed by atoms with Crippen LogP contribution < -0.4 is 0 Å². The van der Waals surface area contributed by atoms with Crippen molar-refractivity contribution in [2.45, 2.75) is 45.3 Å². The van der Waals surface area contributed by atoms with Crippen LogP contribution in [0.15, 0.2) is 53.8 Å². The summed E-state index contributed by atoms with van der Waals surface area (Å²) in [7, 11) is 1.31.